The van der Waals surface area contributed by atoms with Crippen molar-refractivity contribution in [3.05, 3.63) is 58.7 Å². The molecule has 2 aromatic heterocycles. The Morgan fingerprint density at radius 2 is 1.88 bits per heavy atom. The van der Waals surface area contributed by atoms with E-state index in [-0.39, 0.29) is 5.91 Å². The molecule has 0 radical (unpaired) electrons. The number of carboxylic acid groups (broad SMARTS) is 1. The number of pyridine rings is 1. The van der Waals surface area contributed by atoms with E-state index in [1.54, 1.807) is 0 Å². The van der Waals surface area contributed by atoms with Crippen LogP contribution in [0.15, 0.2) is 42.6 Å². The number of rotatable bonds is 4. The minimum absolute atomic E-state index is 0.112. The van der Waals surface area contributed by atoms with Gasteiger partial charge in [-0.05, 0) is 30.0 Å². The lowest BCUT2D eigenvalue weighted by Gasteiger charge is -2.30. The number of fused-ring (bicyclic) bond motifs is 2. The summed E-state index contributed by atoms with van der Waals surface area (Å²) in [6.45, 7) is 4.40. The number of carboxylic acids is 1. The predicted molar refractivity (Wildman–Crippen MR) is 121 cm³/mol. The highest BCUT2D eigenvalue weighted by Gasteiger charge is 2.38. The van der Waals surface area contributed by atoms with Crippen LogP contribution in [0.2, 0.25) is 0 Å². The van der Waals surface area contributed by atoms with Gasteiger partial charge in [-0.1, -0.05) is 18.2 Å². The Bertz CT molecular complexity index is 1160. The zero-order chi connectivity index (χ0) is 24.3. The van der Waals surface area contributed by atoms with Crippen LogP contribution < -0.4 is 4.90 Å². The van der Waals surface area contributed by atoms with Crippen LogP contribution in [0.5, 0.6) is 0 Å². The zero-order valence-electron chi connectivity index (χ0n) is 18.0. The fourth-order valence-corrected chi connectivity index (χ4v) is 4.96. The Balaban J connectivity index is 0.000000344. The fraction of sp³-hybridized carbons (Fsp3) is 0.348. The molecule has 2 aliphatic rings. The highest BCUT2D eigenvalue weighted by Crippen LogP contribution is 2.32. The molecule has 1 aromatic carbocycles. The van der Waals surface area contributed by atoms with E-state index < -0.39 is 12.1 Å². The number of carbonyl (C=O) groups excluding carboxylic acids is 1. The highest BCUT2D eigenvalue weighted by atomic mass is 32.1. The average molecular weight is 494 g/mol. The Morgan fingerprint density at radius 3 is 2.56 bits per heavy atom. The van der Waals surface area contributed by atoms with E-state index >= 15 is 0 Å². The zero-order valence-corrected chi connectivity index (χ0v) is 18.9. The Kier molecular flexibility index (Phi) is 7.03. The van der Waals surface area contributed by atoms with Crippen molar-refractivity contribution in [3.8, 4) is 0 Å². The normalized spacial score (nSPS) is 15.8. The molecule has 1 N–H and O–H groups in total. The number of anilines is 1. The lowest BCUT2D eigenvalue weighted by atomic mass is 10.1. The summed E-state index contributed by atoms with van der Waals surface area (Å²) in [4.78, 5) is 32.0. The standard InChI is InChI=1S/C21H21N3O2S.C2HF3O2/c25-21-20-17(22-7-5-18(20)23-9-11-26-12-10-23)14-24(21)8-6-16-13-15-3-1-2-4-19(15)27-16;3-2(4,5)1(6)7/h1-5,7,13H,6,8-12,14H2;(H,6,7). The largest absolute Gasteiger partial charge is 0.490 e. The summed E-state index contributed by atoms with van der Waals surface area (Å²) in [7, 11) is 0. The van der Waals surface area contributed by atoms with E-state index in [2.05, 4.69) is 40.2 Å². The van der Waals surface area contributed by atoms with Crippen molar-refractivity contribution in [2.45, 2.75) is 19.1 Å². The molecule has 11 heteroatoms. The monoisotopic (exact) mass is 493 g/mol. The number of alkyl halides is 3. The molecule has 7 nitrogen and oxygen atoms in total. The molecule has 0 spiro atoms. The Labute approximate surface area is 197 Å². The fourth-order valence-electron chi connectivity index (χ4n) is 3.91. The molecule has 1 fully saturated rings. The van der Waals surface area contributed by atoms with Crippen LogP contribution in [-0.4, -0.2) is 65.9 Å². The third-order valence-electron chi connectivity index (χ3n) is 5.55. The average Bonchev–Trinajstić information content (AvgIpc) is 3.38. The molecule has 0 aliphatic carbocycles. The quantitative estimate of drug-likeness (QED) is 0.593. The second-order valence-electron chi connectivity index (χ2n) is 7.78. The number of halogens is 3. The number of benzene rings is 1. The van der Waals surface area contributed by atoms with Crippen LogP contribution in [0.25, 0.3) is 10.1 Å². The van der Waals surface area contributed by atoms with E-state index in [1.807, 2.05) is 28.5 Å². The van der Waals surface area contributed by atoms with Crippen LogP contribution in [0.3, 0.4) is 0 Å². The van der Waals surface area contributed by atoms with Gasteiger partial charge < -0.3 is 19.6 Å². The van der Waals surface area contributed by atoms with Crippen molar-refractivity contribution in [1.29, 1.82) is 0 Å². The molecule has 180 valence electrons. The summed E-state index contributed by atoms with van der Waals surface area (Å²) in [6, 6.07) is 12.6. The first-order valence-corrected chi connectivity index (χ1v) is 11.4. The number of thiophene rings is 1. The number of hydrogen-bond acceptors (Lipinski definition) is 6. The van der Waals surface area contributed by atoms with E-state index in [4.69, 9.17) is 14.6 Å². The number of aromatic nitrogens is 1. The molecule has 1 saturated heterocycles. The lowest BCUT2D eigenvalue weighted by Crippen LogP contribution is -2.37. The van der Waals surface area contributed by atoms with Crippen LogP contribution >= 0.6 is 11.3 Å². The van der Waals surface area contributed by atoms with Gasteiger partial charge in [0.2, 0.25) is 0 Å². The molecule has 0 bridgehead atoms. The van der Waals surface area contributed by atoms with Gasteiger partial charge in [-0.15, -0.1) is 11.3 Å². The highest BCUT2D eigenvalue weighted by molar-refractivity contribution is 7.19. The summed E-state index contributed by atoms with van der Waals surface area (Å²) in [5.74, 6) is -2.65. The van der Waals surface area contributed by atoms with E-state index in [1.165, 1.54) is 15.0 Å². The molecule has 0 unspecified atom stereocenters. The minimum atomic E-state index is -5.08. The molecule has 0 saturated carbocycles. The maximum Gasteiger partial charge on any atom is 0.490 e. The van der Waals surface area contributed by atoms with E-state index in [0.717, 1.165) is 43.0 Å². The second-order valence-corrected chi connectivity index (χ2v) is 8.95. The van der Waals surface area contributed by atoms with Crippen molar-refractivity contribution < 1.29 is 32.6 Å². The van der Waals surface area contributed by atoms with Gasteiger partial charge >= 0.3 is 12.1 Å². The number of amides is 1. The van der Waals surface area contributed by atoms with Crippen LogP contribution in [0.4, 0.5) is 18.9 Å². The molecule has 4 heterocycles. The van der Waals surface area contributed by atoms with Crippen molar-refractivity contribution in [2.24, 2.45) is 0 Å². The van der Waals surface area contributed by atoms with Gasteiger partial charge in [0, 0.05) is 35.4 Å². The van der Waals surface area contributed by atoms with Crippen molar-refractivity contribution in [1.82, 2.24) is 9.88 Å². The topological polar surface area (TPSA) is 83.0 Å². The second kappa shape index (κ2) is 9.98. The number of nitrogens with zero attached hydrogens (tertiary/aromatic N) is 3. The van der Waals surface area contributed by atoms with Crippen LogP contribution in [0.1, 0.15) is 20.9 Å². The summed E-state index contributed by atoms with van der Waals surface area (Å²) < 4.78 is 38.5. The molecule has 1 amide bonds. The first kappa shape index (κ1) is 24.0. The summed E-state index contributed by atoms with van der Waals surface area (Å²) in [5.41, 5.74) is 2.70. The lowest BCUT2D eigenvalue weighted by molar-refractivity contribution is -0.192. The maximum absolute atomic E-state index is 13.1. The number of hydrogen-bond donors (Lipinski definition) is 1. The van der Waals surface area contributed by atoms with Crippen molar-refractivity contribution >= 4 is 39.0 Å². The van der Waals surface area contributed by atoms with Crippen molar-refractivity contribution in [3.63, 3.8) is 0 Å². The van der Waals surface area contributed by atoms with Crippen LogP contribution in [0, 0.1) is 0 Å². The van der Waals surface area contributed by atoms with Gasteiger partial charge in [-0.2, -0.15) is 13.2 Å². The van der Waals surface area contributed by atoms with Gasteiger partial charge in [0.05, 0.1) is 36.7 Å². The molecule has 3 aromatic rings. The van der Waals surface area contributed by atoms with Crippen LogP contribution in [-0.2, 0) is 22.5 Å². The van der Waals surface area contributed by atoms with E-state index in [9.17, 15) is 18.0 Å². The van der Waals surface area contributed by atoms with Gasteiger partial charge in [-0.25, -0.2) is 4.79 Å². The number of carbonyl (C=O) groups is 2. The number of morpholine rings is 1. The first-order valence-electron chi connectivity index (χ1n) is 10.6. The number of aliphatic carboxylic acids is 1. The summed E-state index contributed by atoms with van der Waals surface area (Å²) in [5, 5.41) is 8.41. The SMILES string of the molecule is O=C(O)C(F)(F)F.O=C1c2c(N3CCOCC3)ccnc2CN1CCc1cc2ccccc2s1. The minimum Gasteiger partial charge on any atom is -0.475 e. The van der Waals surface area contributed by atoms with Crippen molar-refractivity contribution in [2.75, 3.05) is 37.7 Å². The van der Waals surface area contributed by atoms with Gasteiger partial charge in [0.25, 0.3) is 5.91 Å². The molecule has 5 rings (SSSR count). The molecule has 34 heavy (non-hydrogen) atoms. The predicted octanol–water partition coefficient (Wildman–Crippen LogP) is 3.96. The third-order valence-corrected chi connectivity index (χ3v) is 6.72. The molecular weight excluding hydrogens is 471 g/mol. The van der Waals surface area contributed by atoms with Gasteiger partial charge in [0.1, 0.15) is 0 Å². The summed E-state index contributed by atoms with van der Waals surface area (Å²) in [6.07, 6.45) is -2.38. The molecule has 0 atom stereocenters. The molecule has 2 aliphatic heterocycles. The summed E-state index contributed by atoms with van der Waals surface area (Å²) >= 11 is 1.82. The third kappa shape index (κ3) is 5.31. The Hall–Kier alpha value is -3.18. The number of ether oxygens (including phenoxy) is 1. The smallest absolute Gasteiger partial charge is 0.475 e. The maximum atomic E-state index is 13.1. The van der Waals surface area contributed by atoms with Gasteiger partial charge in [0.15, 0.2) is 0 Å². The Morgan fingerprint density at radius 1 is 1.18 bits per heavy atom. The first-order chi connectivity index (χ1) is 16.2. The van der Waals surface area contributed by atoms with E-state index in [0.29, 0.717) is 19.8 Å². The van der Waals surface area contributed by atoms with Gasteiger partial charge in [-0.3, -0.25) is 9.78 Å². The molecular formula is C23H22F3N3O4S.